The summed E-state index contributed by atoms with van der Waals surface area (Å²) in [4.78, 5) is 4.82. The number of hydrogen-bond acceptors (Lipinski definition) is 2. The third-order valence-corrected chi connectivity index (χ3v) is 2.70. The molecule has 0 radical (unpaired) electrons. The van der Waals surface area contributed by atoms with Crippen LogP contribution < -0.4 is 0 Å². The Bertz CT molecular complexity index is 301. The third kappa shape index (κ3) is 6.65. The van der Waals surface area contributed by atoms with E-state index in [1.807, 2.05) is 13.8 Å². The van der Waals surface area contributed by atoms with Crippen LogP contribution in [0.25, 0.3) is 0 Å². The Balaban J connectivity index is 0.00000137. The second kappa shape index (κ2) is 8.98. The van der Waals surface area contributed by atoms with E-state index in [-0.39, 0.29) is 0 Å². The van der Waals surface area contributed by atoms with Crippen molar-refractivity contribution in [1.29, 1.82) is 0 Å². The number of nitrogens with zero attached hydrogens (tertiary/aromatic N) is 2. The van der Waals surface area contributed by atoms with Crippen molar-refractivity contribution < 1.29 is 0 Å². The molecule has 0 atom stereocenters. The Hall–Kier alpha value is -1.02. The van der Waals surface area contributed by atoms with E-state index in [0.717, 1.165) is 31.8 Å². The molecule has 18 heavy (non-hydrogen) atoms. The van der Waals surface area contributed by atoms with Crippen LogP contribution in [0.3, 0.4) is 0 Å². The van der Waals surface area contributed by atoms with Crippen LogP contribution in [0.15, 0.2) is 35.6 Å². The van der Waals surface area contributed by atoms with Gasteiger partial charge in [-0.2, -0.15) is 0 Å². The topological polar surface area (TPSA) is 6.48 Å². The highest BCUT2D eigenvalue weighted by atomic mass is 15.2. The average Bonchev–Trinajstić information content (AvgIpc) is 2.30. The van der Waals surface area contributed by atoms with E-state index < -0.39 is 0 Å². The zero-order chi connectivity index (χ0) is 14.1. The van der Waals surface area contributed by atoms with Crippen molar-refractivity contribution in [3.63, 3.8) is 0 Å². The molecule has 0 aromatic rings. The largest absolute Gasteiger partial charge is 0.369 e. The minimum absolute atomic E-state index is 1.11. The van der Waals surface area contributed by atoms with E-state index in [9.17, 15) is 0 Å². The minimum Gasteiger partial charge on any atom is -0.369 e. The number of piperazine rings is 1. The zero-order valence-electron chi connectivity index (χ0n) is 13.1. The molecule has 0 aromatic heterocycles. The van der Waals surface area contributed by atoms with Crippen molar-refractivity contribution in [2.75, 3.05) is 33.2 Å². The predicted molar refractivity (Wildman–Crippen MR) is 82.7 cm³/mol. The van der Waals surface area contributed by atoms with Gasteiger partial charge >= 0.3 is 0 Å². The van der Waals surface area contributed by atoms with Crippen LogP contribution in [-0.4, -0.2) is 43.0 Å². The average molecular weight is 250 g/mol. The highest BCUT2D eigenvalue weighted by Gasteiger charge is 2.14. The summed E-state index contributed by atoms with van der Waals surface area (Å²) in [6.07, 6.45) is 4.43. The molecule has 0 spiro atoms. The molecule has 1 aliphatic rings. The lowest BCUT2D eigenvalue weighted by molar-refractivity contribution is 0.190. The van der Waals surface area contributed by atoms with Crippen LogP contribution in [0.2, 0.25) is 0 Å². The zero-order valence-corrected chi connectivity index (χ0v) is 13.1. The highest BCUT2D eigenvalue weighted by molar-refractivity contribution is 5.28. The Kier molecular flexibility index (Phi) is 8.47. The van der Waals surface area contributed by atoms with Gasteiger partial charge in [0.2, 0.25) is 0 Å². The SMILES string of the molecule is C=C(C)/C=C(\C=C(C)C)N1CCN(C)CC1.CC. The molecular weight excluding hydrogens is 220 g/mol. The van der Waals surface area contributed by atoms with Crippen molar-refractivity contribution in [3.05, 3.63) is 35.6 Å². The van der Waals surface area contributed by atoms with E-state index in [4.69, 9.17) is 0 Å². The first-order valence-corrected chi connectivity index (χ1v) is 6.94. The minimum atomic E-state index is 1.11. The number of likely N-dealkylation sites (N-methyl/N-ethyl adjacent to an activating group) is 1. The van der Waals surface area contributed by atoms with Crippen molar-refractivity contribution in [1.82, 2.24) is 9.80 Å². The van der Waals surface area contributed by atoms with Gasteiger partial charge in [-0.25, -0.2) is 0 Å². The molecule has 0 N–H and O–H groups in total. The van der Waals surface area contributed by atoms with Gasteiger partial charge in [0.1, 0.15) is 0 Å². The van der Waals surface area contributed by atoms with E-state index in [0.29, 0.717) is 0 Å². The summed E-state index contributed by atoms with van der Waals surface area (Å²) in [5.74, 6) is 0. The quantitative estimate of drug-likeness (QED) is 0.705. The molecule has 1 fully saturated rings. The predicted octanol–water partition coefficient (Wildman–Crippen LogP) is 3.69. The smallest absolute Gasteiger partial charge is 0.0368 e. The molecule has 0 aromatic carbocycles. The number of allylic oxidation sites excluding steroid dienone is 4. The molecule has 1 heterocycles. The molecule has 0 aliphatic carbocycles. The van der Waals surface area contributed by atoms with E-state index in [1.54, 1.807) is 0 Å². The molecule has 1 rings (SSSR count). The van der Waals surface area contributed by atoms with Crippen molar-refractivity contribution in [2.45, 2.75) is 34.6 Å². The lowest BCUT2D eigenvalue weighted by atomic mass is 10.1. The van der Waals surface area contributed by atoms with Crippen molar-refractivity contribution in [3.8, 4) is 0 Å². The van der Waals surface area contributed by atoms with E-state index in [1.165, 1.54) is 11.3 Å². The maximum absolute atomic E-state index is 3.97. The summed E-state index contributed by atoms with van der Waals surface area (Å²) >= 11 is 0. The lowest BCUT2D eigenvalue weighted by Crippen LogP contribution is -2.43. The van der Waals surface area contributed by atoms with Crippen LogP contribution in [-0.2, 0) is 0 Å². The molecular formula is C16H30N2. The summed E-state index contributed by atoms with van der Waals surface area (Å²) in [6, 6.07) is 0. The maximum atomic E-state index is 3.97. The van der Waals surface area contributed by atoms with Gasteiger partial charge in [-0.05, 0) is 40.0 Å². The van der Waals surface area contributed by atoms with Gasteiger partial charge in [0.15, 0.2) is 0 Å². The van der Waals surface area contributed by atoms with Crippen LogP contribution in [0.1, 0.15) is 34.6 Å². The van der Waals surface area contributed by atoms with Crippen LogP contribution in [0.5, 0.6) is 0 Å². The fourth-order valence-electron chi connectivity index (χ4n) is 1.84. The standard InChI is InChI=1S/C14H24N2.C2H6/c1-12(2)10-14(11-13(3)4)16-8-6-15(5)7-9-16;1-2/h10-11H,1,6-9H2,2-5H3;1-2H3/b14-10+;. The molecule has 2 heteroatoms. The van der Waals surface area contributed by atoms with Gasteiger partial charge in [-0.3, -0.25) is 0 Å². The van der Waals surface area contributed by atoms with Crippen molar-refractivity contribution in [2.24, 2.45) is 0 Å². The normalized spacial score (nSPS) is 16.8. The van der Waals surface area contributed by atoms with Gasteiger partial charge in [0.25, 0.3) is 0 Å². The molecule has 1 saturated heterocycles. The molecule has 0 bridgehead atoms. The Morgan fingerprint density at radius 1 is 0.944 bits per heavy atom. The lowest BCUT2D eigenvalue weighted by Gasteiger charge is -2.35. The van der Waals surface area contributed by atoms with Crippen LogP contribution >= 0.6 is 0 Å². The summed E-state index contributed by atoms with van der Waals surface area (Å²) < 4.78 is 0. The van der Waals surface area contributed by atoms with Gasteiger partial charge in [-0.1, -0.05) is 31.6 Å². The maximum Gasteiger partial charge on any atom is 0.0368 e. The number of rotatable bonds is 3. The molecule has 2 nitrogen and oxygen atoms in total. The fraction of sp³-hybridized carbons (Fsp3) is 0.625. The first-order chi connectivity index (χ1) is 8.49. The monoisotopic (exact) mass is 250 g/mol. The summed E-state index contributed by atoms with van der Waals surface area (Å²) in [5, 5.41) is 0. The summed E-state index contributed by atoms with van der Waals surface area (Å²) in [6.45, 7) is 18.8. The molecule has 0 amide bonds. The molecule has 104 valence electrons. The van der Waals surface area contributed by atoms with E-state index in [2.05, 4.69) is 56.3 Å². The molecule has 0 saturated carbocycles. The number of hydrogen-bond donors (Lipinski definition) is 0. The Morgan fingerprint density at radius 3 is 1.83 bits per heavy atom. The molecule has 0 unspecified atom stereocenters. The first kappa shape index (κ1) is 17.0. The summed E-state index contributed by atoms with van der Waals surface area (Å²) in [7, 11) is 2.18. The second-order valence-electron chi connectivity index (χ2n) is 4.93. The molecule has 1 aliphatic heterocycles. The third-order valence-electron chi connectivity index (χ3n) is 2.70. The van der Waals surface area contributed by atoms with Gasteiger partial charge in [0, 0.05) is 31.9 Å². The Morgan fingerprint density at radius 2 is 1.44 bits per heavy atom. The second-order valence-corrected chi connectivity index (χ2v) is 4.93. The van der Waals surface area contributed by atoms with Gasteiger partial charge in [0.05, 0.1) is 0 Å². The van der Waals surface area contributed by atoms with Crippen molar-refractivity contribution >= 4 is 0 Å². The van der Waals surface area contributed by atoms with Crippen LogP contribution in [0.4, 0.5) is 0 Å². The van der Waals surface area contributed by atoms with Gasteiger partial charge in [-0.15, -0.1) is 0 Å². The van der Waals surface area contributed by atoms with Gasteiger partial charge < -0.3 is 9.80 Å². The first-order valence-electron chi connectivity index (χ1n) is 6.94. The fourth-order valence-corrected chi connectivity index (χ4v) is 1.84. The van der Waals surface area contributed by atoms with E-state index >= 15 is 0 Å². The van der Waals surface area contributed by atoms with Crippen LogP contribution in [0, 0.1) is 0 Å². The summed E-state index contributed by atoms with van der Waals surface area (Å²) in [5.41, 5.74) is 3.76. The highest BCUT2D eigenvalue weighted by Crippen LogP contribution is 2.14. The Labute approximate surface area is 114 Å².